The van der Waals surface area contributed by atoms with E-state index in [0.29, 0.717) is 28.0 Å². The van der Waals surface area contributed by atoms with Crippen LogP contribution in [0.25, 0.3) is 0 Å². The van der Waals surface area contributed by atoms with E-state index in [2.05, 4.69) is 0 Å². The largest absolute Gasteiger partial charge is 0.457 e. The lowest BCUT2D eigenvalue weighted by atomic mass is 10.2. The molecule has 0 heterocycles. The van der Waals surface area contributed by atoms with Crippen LogP contribution in [0.2, 0.25) is 5.02 Å². The molecule has 4 heteroatoms. The SMILES string of the molecule is Cc1ccc(Oc2cc(Cl)ccc2CCl)cc1F. The van der Waals surface area contributed by atoms with E-state index in [9.17, 15) is 4.39 Å². The molecule has 0 unspecified atom stereocenters. The van der Waals surface area contributed by atoms with Crippen molar-refractivity contribution in [2.45, 2.75) is 12.8 Å². The highest BCUT2D eigenvalue weighted by molar-refractivity contribution is 6.30. The average molecular weight is 285 g/mol. The van der Waals surface area contributed by atoms with E-state index in [4.69, 9.17) is 27.9 Å². The summed E-state index contributed by atoms with van der Waals surface area (Å²) in [4.78, 5) is 0. The third kappa shape index (κ3) is 2.95. The lowest BCUT2D eigenvalue weighted by molar-refractivity contribution is 0.472. The molecular weight excluding hydrogens is 274 g/mol. The Morgan fingerprint density at radius 3 is 2.61 bits per heavy atom. The first-order valence-electron chi connectivity index (χ1n) is 5.38. The molecule has 94 valence electrons. The highest BCUT2D eigenvalue weighted by atomic mass is 35.5. The van der Waals surface area contributed by atoms with Crippen molar-refractivity contribution in [3.05, 3.63) is 58.4 Å². The molecule has 1 nitrogen and oxygen atoms in total. The molecule has 0 aliphatic carbocycles. The van der Waals surface area contributed by atoms with Crippen LogP contribution in [0.5, 0.6) is 11.5 Å². The molecule has 0 aliphatic rings. The summed E-state index contributed by atoms with van der Waals surface area (Å²) in [6.07, 6.45) is 0. The molecule has 0 atom stereocenters. The number of aryl methyl sites for hydroxylation is 1. The average Bonchev–Trinajstić information content (AvgIpc) is 2.34. The van der Waals surface area contributed by atoms with Crippen LogP contribution in [0.15, 0.2) is 36.4 Å². The third-order valence-electron chi connectivity index (χ3n) is 2.54. The molecule has 2 aromatic rings. The minimum absolute atomic E-state index is 0.304. The van der Waals surface area contributed by atoms with E-state index in [1.807, 2.05) is 0 Å². The summed E-state index contributed by atoms with van der Waals surface area (Å²) in [5.41, 5.74) is 1.38. The van der Waals surface area contributed by atoms with Gasteiger partial charge in [-0.15, -0.1) is 11.6 Å². The van der Waals surface area contributed by atoms with Crippen molar-refractivity contribution in [3.63, 3.8) is 0 Å². The van der Waals surface area contributed by atoms with E-state index in [0.717, 1.165) is 5.56 Å². The van der Waals surface area contributed by atoms with Crippen molar-refractivity contribution >= 4 is 23.2 Å². The maximum atomic E-state index is 13.4. The molecule has 0 aromatic heterocycles. The summed E-state index contributed by atoms with van der Waals surface area (Å²) in [6, 6.07) is 9.90. The second-order valence-corrected chi connectivity index (χ2v) is 4.60. The second kappa shape index (κ2) is 5.59. The number of benzene rings is 2. The van der Waals surface area contributed by atoms with Crippen LogP contribution in [-0.4, -0.2) is 0 Å². The zero-order chi connectivity index (χ0) is 13.1. The Labute approximate surface area is 115 Å². The molecule has 0 amide bonds. The molecule has 0 aliphatic heterocycles. The Bertz CT molecular complexity index is 570. The topological polar surface area (TPSA) is 9.23 Å². The molecule has 0 saturated heterocycles. The van der Waals surface area contributed by atoms with Gasteiger partial charge in [0.25, 0.3) is 0 Å². The van der Waals surface area contributed by atoms with Crippen LogP contribution in [0.4, 0.5) is 4.39 Å². The summed E-state index contributed by atoms with van der Waals surface area (Å²) in [5, 5.41) is 0.548. The number of hydrogen-bond acceptors (Lipinski definition) is 1. The van der Waals surface area contributed by atoms with Crippen molar-refractivity contribution in [2.75, 3.05) is 0 Å². The van der Waals surface area contributed by atoms with Gasteiger partial charge in [-0.1, -0.05) is 23.7 Å². The first-order valence-corrected chi connectivity index (χ1v) is 6.30. The summed E-state index contributed by atoms with van der Waals surface area (Å²) >= 11 is 11.7. The maximum absolute atomic E-state index is 13.4. The van der Waals surface area contributed by atoms with E-state index in [1.54, 1.807) is 37.3 Å². The quantitative estimate of drug-likeness (QED) is 0.693. The molecule has 18 heavy (non-hydrogen) atoms. The van der Waals surface area contributed by atoms with Gasteiger partial charge in [-0.25, -0.2) is 4.39 Å². The highest BCUT2D eigenvalue weighted by Gasteiger charge is 2.07. The van der Waals surface area contributed by atoms with Gasteiger partial charge in [-0.2, -0.15) is 0 Å². The Hall–Kier alpha value is -1.25. The van der Waals surface area contributed by atoms with Crippen LogP contribution in [-0.2, 0) is 5.88 Å². The summed E-state index contributed by atoms with van der Waals surface area (Å²) in [6.45, 7) is 1.70. The van der Waals surface area contributed by atoms with E-state index in [1.165, 1.54) is 6.07 Å². The number of alkyl halides is 1. The fraction of sp³-hybridized carbons (Fsp3) is 0.143. The Morgan fingerprint density at radius 2 is 1.94 bits per heavy atom. The zero-order valence-electron chi connectivity index (χ0n) is 9.71. The highest BCUT2D eigenvalue weighted by Crippen LogP contribution is 2.30. The van der Waals surface area contributed by atoms with Gasteiger partial charge in [0.05, 0.1) is 5.88 Å². The fourth-order valence-corrected chi connectivity index (χ4v) is 1.88. The normalized spacial score (nSPS) is 10.4. The second-order valence-electron chi connectivity index (χ2n) is 3.90. The predicted molar refractivity (Wildman–Crippen MR) is 72.2 cm³/mol. The first-order chi connectivity index (χ1) is 8.60. The maximum Gasteiger partial charge on any atom is 0.133 e. The van der Waals surface area contributed by atoms with Gasteiger partial charge in [0.15, 0.2) is 0 Å². The van der Waals surface area contributed by atoms with Crippen molar-refractivity contribution in [3.8, 4) is 11.5 Å². The van der Waals surface area contributed by atoms with Crippen molar-refractivity contribution in [1.82, 2.24) is 0 Å². The number of halogens is 3. The third-order valence-corrected chi connectivity index (χ3v) is 3.07. The summed E-state index contributed by atoms with van der Waals surface area (Å²) < 4.78 is 19.0. The summed E-state index contributed by atoms with van der Waals surface area (Å²) in [5.74, 6) is 0.968. The lowest BCUT2D eigenvalue weighted by Gasteiger charge is -2.10. The van der Waals surface area contributed by atoms with Gasteiger partial charge in [0.1, 0.15) is 17.3 Å². The van der Waals surface area contributed by atoms with Crippen LogP contribution in [0.1, 0.15) is 11.1 Å². The van der Waals surface area contributed by atoms with Crippen molar-refractivity contribution in [2.24, 2.45) is 0 Å². The van der Waals surface area contributed by atoms with E-state index >= 15 is 0 Å². The van der Waals surface area contributed by atoms with Gasteiger partial charge in [-0.3, -0.25) is 0 Å². The number of rotatable bonds is 3. The molecule has 2 aromatic carbocycles. The van der Waals surface area contributed by atoms with Crippen LogP contribution in [0, 0.1) is 12.7 Å². The number of ether oxygens (including phenoxy) is 1. The van der Waals surface area contributed by atoms with E-state index in [-0.39, 0.29) is 5.82 Å². The minimum Gasteiger partial charge on any atom is -0.457 e. The molecule has 0 N–H and O–H groups in total. The number of hydrogen-bond donors (Lipinski definition) is 0. The van der Waals surface area contributed by atoms with Gasteiger partial charge in [0.2, 0.25) is 0 Å². The molecular formula is C14H11Cl2FO. The lowest BCUT2D eigenvalue weighted by Crippen LogP contribution is -1.91. The van der Waals surface area contributed by atoms with Gasteiger partial charge in [0, 0.05) is 16.7 Å². The summed E-state index contributed by atoms with van der Waals surface area (Å²) in [7, 11) is 0. The standard InChI is InChI=1S/C14H11Cl2FO/c1-9-2-5-12(7-13(9)17)18-14-6-11(16)4-3-10(14)8-15/h2-7H,8H2,1H3. The van der Waals surface area contributed by atoms with Gasteiger partial charge >= 0.3 is 0 Å². The Morgan fingerprint density at radius 1 is 1.17 bits per heavy atom. The smallest absolute Gasteiger partial charge is 0.133 e. The van der Waals surface area contributed by atoms with Crippen molar-refractivity contribution in [1.29, 1.82) is 0 Å². The van der Waals surface area contributed by atoms with Crippen LogP contribution >= 0.6 is 23.2 Å². The first kappa shape index (κ1) is 13.2. The molecule has 0 spiro atoms. The molecule has 0 radical (unpaired) electrons. The van der Waals surface area contributed by atoms with Gasteiger partial charge in [-0.05, 0) is 30.7 Å². The molecule has 0 bridgehead atoms. The van der Waals surface area contributed by atoms with Crippen LogP contribution in [0.3, 0.4) is 0 Å². The Kier molecular flexibility index (Phi) is 4.10. The van der Waals surface area contributed by atoms with Gasteiger partial charge < -0.3 is 4.74 Å². The molecule has 0 fully saturated rings. The van der Waals surface area contributed by atoms with Crippen molar-refractivity contribution < 1.29 is 9.13 Å². The molecule has 2 rings (SSSR count). The zero-order valence-corrected chi connectivity index (χ0v) is 11.2. The minimum atomic E-state index is -0.304. The monoisotopic (exact) mass is 284 g/mol. The fourth-order valence-electron chi connectivity index (χ4n) is 1.50. The van der Waals surface area contributed by atoms with E-state index < -0.39 is 0 Å². The van der Waals surface area contributed by atoms with Crippen LogP contribution < -0.4 is 4.74 Å². The predicted octanol–water partition coefficient (Wildman–Crippen LogP) is 5.32. The molecule has 0 saturated carbocycles. The Balaban J connectivity index is 2.33.